The Kier molecular flexibility index (Phi) is 9.88. The minimum absolute atomic E-state index is 0.0365. The minimum Gasteiger partial charge on any atom is -0.508 e. The lowest BCUT2D eigenvalue weighted by molar-refractivity contribution is -0.422. The van der Waals surface area contributed by atoms with Gasteiger partial charge in [0.25, 0.3) is 5.91 Å². The number of phenolic OH excluding ortho intramolecular Hbond substituents is 2. The molecule has 1 amide bonds. The minimum atomic E-state index is -3.11. The number of aromatic nitrogens is 2. The van der Waals surface area contributed by atoms with Gasteiger partial charge in [-0.05, 0) is 84.0 Å². The number of carbonyl (C=O) groups excluding carboxylic acids is 1. The molecule has 4 aromatic rings. The number of nitrogens with one attached hydrogen (secondary N) is 1. The number of carboxylic acids is 1. The fourth-order valence-corrected chi connectivity index (χ4v) is 11.0. The first-order chi connectivity index (χ1) is 28.8. The van der Waals surface area contributed by atoms with Crippen molar-refractivity contribution >= 4 is 23.6 Å². The smallest absolute Gasteiger partial charge is 0.355 e. The maximum atomic E-state index is 14.8. The van der Waals surface area contributed by atoms with Crippen molar-refractivity contribution in [3.8, 4) is 17.2 Å². The number of hydrogen-bond donors (Lipinski definition) is 9. The Labute approximate surface area is 344 Å². The molecular formula is C45H47N3O12. The summed E-state index contributed by atoms with van der Waals surface area (Å²) in [6.45, 7) is -0.879. The number of aryl methyl sites for hydroxylation is 1. The maximum absolute atomic E-state index is 14.8. The quantitative estimate of drug-likeness (QED) is 0.0670. The number of aromatic hydroxyl groups is 2. The number of H-pyrrole nitrogens is 1. The normalized spacial score (nSPS) is 33.0. The largest absolute Gasteiger partial charge is 0.508 e. The van der Waals surface area contributed by atoms with Gasteiger partial charge in [-0.1, -0.05) is 55.3 Å². The fourth-order valence-electron chi connectivity index (χ4n) is 11.0. The van der Waals surface area contributed by atoms with Crippen LogP contribution in [0.25, 0.3) is 6.08 Å². The third-order valence-corrected chi connectivity index (χ3v) is 13.6. The van der Waals surface area contributed by atoms with Crippen molar-refractivity contribution in [2.24, 2.45) is 11.8 Å². The summed E-state index contributed by atoms with van der Waals surface area (Å²) in [6.07, 6.45) is 7.52. The number of phenols is 2. The number of benzene rings is 3. The number of ether oxygens (including phenoxy) is 2. The number of anilines is 1. The second-order valence-electron chi connectivity index (χ2n) is 16.7. The molecule has 10 atom stereocenters. The van der Waals surface area contributed by atoms with E-state index in [2.05, 4.69) is 22.1 Å². The molecule has 15 nitrogen and oxygen atoms in total. The maximum Gasteiger partial charge on any atom is 0.355 e. The van der Waals surface area contributed by atoms with Gasteiger partial charge >= 0.3 is 11.9 Å². The Balaban J connectivity index is 1.17. The van der Waals surface area contributed by atoms with Crippen LogP contribution in [-0.2, 0) is 32.6 Å². The summed E-state index contributed by atoms with van der Waals surface area (Å²) < 4.78 is 11.0. The molecule has 3 aromatic carbocycles. The molecule has 10 unspecified atom stereocenters. The molecule has 15 heteroatoms. The van der Waals surface area contributed by atoms with Crippen molar-refractivity contribution < 1.29 is 59.9 Å². The van der Waals surface area contributed by atoms with E-state index in [0.29, 0.717) is 23.1 Å². The van der Waals surface area contributed by atoms with Crippen LogP contribution >= 0.6 is 0 Å². The van der Waals surface area contributed by atoms with Gasteiger partial charge in [0, 0.05) is 47.4 Å². The number of nitrogens with zero attached hydrogens (tertiary/aromatic N) is 2. The molecule has 0 spiro atoms. The lowest BCUT2D eigenvalue weighted by atomic mass is 9.50. The number of hydrogen-bond acceptors (Lipinski definition) is 12. The molecule has 1 aromatic heterocycles. The highest BCUT2D eigenvalue weighted by Crippen LogP contribution is 2.66. The number of aliphatic carboxylic acids is 1. The molecule has 3 aliphatic carbocycles. The summed E-state index contributed by atoms with van der Waals surface area (Å²) in [5.74, 6) is -7.38. The monoisotopic (exact) mass is 821 g/mol. The molecule has 3 heterocycles. The third kappa shape index (κ3) is 6.05. The van der Waals surface area contributed by atoms with Gasteiger partial charge in [-0.3, -0.25) is 9.69 Å². The Morgan fingerprint density at radius 3 is 2.60 bits per heavy atom. The van der Waals surface area contributed by atoms with Gasteiger partial charge < -0.3 is 55.3 Å². The number of fused-ring (bicyclic) bond motifs is 6. The van der Waals surface area contributed by atoms with Gasteiger partial charge in [-0.15, -0.1) is 0 Å². The molecule has 314 valence electrons. The topological polar surface area (TPSA) is 246 Å². The van der Waals surface area contributed by atoms with Crippen molar-refractivity contribution in [3.63, 3.8) is 0 Å². The van der Waals surface area contributed by atoms with E-state index in [1.54, 1.807) is 24.4 Å². The van der Waals surface area contributed by atoms with E-state index >= 15 is 0 Å². The van der Waals surface area contributed by atoms with E-state index in [9.17, 15) is 50.4 Å². The van der Waals surface area contributed by atoms with E-state index in [0.717, 1.165) is 54.7 Å². The molecule has 5 aliphatic rings. The summed E-state index contributed by atoms with van der Waals surface area (Å²) in [5.41, 5.74) is 2.11. The molecule has 9 N–H and O–H groups in total. The Hall–Kier alpha value is -5.55. The van der Waals surface area contributed by atoms with Gasteiger partial charge in [-0.25, -0.2) is 9.78 Å². The van der Waals surface area contributed by atoms with E-state index in [4.69, 9.17) is 9.47 Å². The van der Waals surface area contributed by atoms with Crippen LogP contribution in [0.3, 0.4) is 0 Å². The van der Waals surface area contributed by atoms with Gasteiger partial charge in [0.15, 0.2) is 23.1 Å². The molecular weight excluding hydrogens is 775 g/mol. The number of aliphatic hydroxyl groups excluding tert-OH is 4. The van der Waals surface area contributed by atoms with Crippen LogP contribution in [0.4, 0.5) is 5.69 Å². The van der Waals surface area contributed by atoms with Crippen LogP contribution in [0, 0.1) is 11.8 Å². The van der Waals surface area contributed by atoms with E-state index in [-0.39, 0.29) is 17.4 Å². The summed E-state index contributed by atoms with van der Waals surface area (Å²) in [5, 5.41) is 86.5. The Morgan fingerprint density at radius 1 is 1.02 bits per heavy atom. The molecule has 1 saturated carbocycles. The van der Waals surface area contributed by atoms with E-state index in [1.807, 2.05) is 18.2 Å². The zero-order valence-corrected chi connectivity index (χ0v) is 32.5. The molecule has 2 aliphatic heterocycles. The standard InChI is InChI=1S/C45H47N3O12/c49-22-36-39(53)40(54)41(55)45(58,60-36)59-35-20-32-29(19-34(35)51)38-31(43-15-4-3-6-27(43)11-10-25-5-1-2-7-30(25)43)14-16-44(38,42(56)57)48(32)37(52)13-9-24-8-12-33(50)26(17-24)18-28-21-46-23-47-28/h1-2,5,7-9,12-14,16-17,19-21,23,27,31,36,38-41,49-51,53-55,58H,3-4,6,10-11,15,18,22H2,(H,46,47)(H,56,57). The van der Waals surface area contributed by atoms with Crippen LogP contribution in [0.1, 0.15) is 71.5 Å². The number of rotatable bonds is 9. The van der Waals surface area contributed by atoms with Crippen molar-refractivity contribution in [2.45, 2.75) is 92.2 Å². The number of aliphatic hydroxyl groups is 5. The van der Waals surface area contributed by atoms with Gasteiger partial charge in [0.05, 0.1) is 18.6 Å². The number of amides is 1. The fraction of sp³-hybridized carbons (Fsp3) is 0.400. The van der Waals surface area contributed by atoms with Crippen LogP contribution in [-0.4, -0.2) is 105 Å². The molecule has 2 fully saturated rings. The first-order valence-electron chi connectivity index (χ1n) is 20.3. The first kappa shape index (κ1) is 39.9. The summed E-state index contributed by atoms with van der Waals surface area (Å²) in [7, 11) is 0. The summed E-state index contributed by atoms with van der Waals surface area (Å²) in [6, 6.07) is 15.6. The van der Waals surface area contributed by atoms with Crippen LogP contribution in [0.5, 0.6) is 17.2 Å². The Bertz CT molecular complexity index is 2380. The average Bonchev–Trinajstić information content (AvgIpc) is 3.98. The van der Waals surface area contributed by atoms with Crippen LogP contribution < -0.4 is 9.64 Å². The van der Waals surface area contributed by atoms with Gasteiger partial charge in [0.2, 0.25) is 0 Å². The molecule has 9 rings (SSSR count). The average molecular weight is 822 g/mol. The lowest BCUT2D eigenvalue weighted by Crippen LogP contribution is -2.67. The second kappa shape index (κ2) is 14.9. The number of allylic oxidation sites excluding steroid dienone is 1. The zero-order chi connectivity index (χ0) is 42.1. The van der Waals surface area contributed by atoms with E-state index in [1.165, 1.54) is 42.2 Å². The highest BCUT2D eigenvalue weighted by atomic mass is 16.8. The highest BCUT2D eigenvalue weighted by molar-refractivity contribution is 6.13. The molecule has 0 radical (unpaired) electrons. The first-order valence-corrected chi connectivity index (χ1v) is 20.3. The highest BCUT2D eigenvalue weighted by Gasteiger charge is 2.67. The van der Waals surface area contributed by atoms with Gasteiger partial charge in [0.1, 0.15) is 24.1 Å². The van der Waals surface area contributed by atoms with Crippen molar-refractivity contribution in [2.75, 3.05) is 11.5 Å². The predicted molar refractivity (Wildman–Crippen MR) is 214 cm³/mol. The third-order valence-electron chi connectivity index (χ3n) is 13.6. The SMILES string of the molecule is O=C(C=Cc1ccc(O)c(Cc2cnc[nH]2)c1)N1c2cc(OC3(O)OC(CO)C(O)C(O)C3O)c(O)cc2C2C(C34CCCCC3CCc3ccccc34)C=CC21C(=O)O. The van der Waals surface area contributed by atoms with E-state index < -0.39 is 83.2 Å². The summed E-state index contributed by atoms with van der Waals surface area (Å²) >= 11 is 0. The number of carbonyl (C=O) groups is 2. The zero-order valence-electron chi connectivity index (χ0n) is 32.5. The molecule has 1 saturated heterocycles. The second-order valence-corrected chi connectivity index (χ2v) is 16.7. The summed E-state index contributed by atoms with van der Waals surface area (Å²) in [4.78, 5) is 37.1. The van der Waals surface area contributed by atoms with Crippen LogP contribution in [0.2, 0.25) is 0 Å². The van der Waals surface area contributed by atoms with Crippen molar-refractivity contribution in [3.05, 3.63) is 119 Å². The number of imidazole rings is 1. The predicted octanol–water partition coefficient (Wildman–Crippen LogP) is 3.14. The van der Waals surface area contributed by atoms with Crippen LogP contribution in [0.15, 0.2) is 85.3 Å². The Morgan fingerprint density at radius 2 is 1.83 bits per heavy atom. The molecule has 60 heavy (non-hydrogen) atoms. The number of aromatic amines is 1. The van der Waals surface area contributed by atoms with Crippen molar-refractivity contribution in [1.29, 1.82) is 0 Å². The van der Waals surface area contributed by atoms with Crippen molar-refractivity contribution in [1.82, 2.24) is 9.97 Å². The number of carboxylic acid groups (broad SMARTS) is 1. The lowest BCUT2D eigenvalue weighted by Gasteiger charge is -2.54. The van der Waals surface area contributed by atoms with Gasteiger partial charge in [-0.2, -0.15) is 0 Å². The molecule has 0 bridgehead atoms.